The highest BCUT2D eigenvalue weighted by atomic mass is 19.4. The third kappa shape index (κ3) is 4.08. The number of methoxy groups -OCH3 is 1. The summed E-state index contributed by atoms with van der Waals surface area (Å²) in [4.78, 5) is 13.3. The first-order valence-corrected chi connectivity index (χ1v) is 9.22. The molecule has 1 amide bonds. The minimum Gasteiger partial charge on any atom is -0.495 e. The number of amides is 1. The van der Waals surface area contributed by atoms with Crippen molar-refractivity contribution in [2.45, 2.75) is 36.0 Å². The molecule has 1 heterocycles. The zero-order valence-electron chi connectivity index (χ0n) is 17.0. The van der Waals surface area contributed by atoms with E-state index in [1.165, 1.54) is 24.1 Å². The van der Waals surface area contributed by atoms with Crippen molar-refractivity contribution in [3.05, 3.63) is 24.3 Å². The van der Waals surface area contributed by atoms with Crippen LogP contribution in [0, 0.1) is 0 Å². The van der Waals surface area contributed by atoms with Crippen molar-refractivity contribution in [2.24, 2.45) is 0 Å². The van der Waals surface area contributed by atoms with Gasteiger partial charge in [0.1, 0.15) is 5.75 Å². The van der Waals surface area contributed by atoms with Crippen LogP contribution in [-0.2, 0) is 4.79 Å². The molecule has 1 aliphatic heterocycles. The van der Waals surface area contributed by atoms with Crippen molar-refractivity contribution in [1.29, 1.82) is 0 Å². The molecule has 1 saturated heterocycles. The maximum absolute atomic E-state index is 14.1. The van der Waals surface area contributed by atoms with Crippen molar-refractivity contribution in [3.8, 4) is 5.75 Å². The number of ether oxygens (including phenoxy) is 1. The fraction of sp³-hybridized carbons (Fsp3) is 0.611. The van der Waals surface area contributed by atoms with Gasteiger partial charge in [0, 0.05) is 26.2 Å². The summed E-state index contributed by atoms with van der Waals surface area (Å²) >= 11 is 0. The Morgan fingerprint density at radius 2 is 1.32 bits per heavy atom. The average molecular weight is 520 g/mol. The van der Waals surface area contributed by atoms with Crippen LogP contribution in [0.25, 0.3) is 0 Å². The van der Waals surface area contributed by atoms with E-state index in [1.54, 1.807) is 12.1 Å². The third-order valence-electron chi connectivity index (χ3n) is 5.14. The summed E-state index contributed by atoms with van der Waals surface area (Å²) in [7, 11) is 1.30. The zero-order valence-corrected chi connectivity index (χ0v) is 17.0. The molecule has 1 fully saturated rings. The maximum atomic E-state index is 14.1. The molecule has 16 heteroatoms. The van der Waals surface area contributed by atoms with E-state index in [4.69, 9.17) is 4.74 Å². The number of carbonyl (C=O) groups excluding carboxylic acids is 1. The smallest absolute Gasteiger partial charge is 0.392 e. The Kier molecular flexibility index (Phi) is 7.26. The van der Waals surface area contributed by atoms with Crippen molar-refractivity contribution in [1.82, 2.24) is 4.90 Å². The van der Waals surface area contributed by atoms with Gasteiger partial charge in [0.25, 0.3) is 5.91 Å². The summed E-state index contributed by atoms with van der Waals surface area (Å²) in [6, 6.07) is 6.17. The lowest BCUT2D eigenvalue weighted by atomic mass is 9.93. The molecule has 34 heavy (non-hydrogen) atoms. The van der Waals surface area contributed by atoms with Gasteiger partial charge in [-0.1, -0.05) is 12.1 Å². The van der Waals surface area contributed by atoms with E-state index in [1.807, 2.05) is 0 Å². The number of rotatable bonds is 8. The van der Waals surface area contributed by atoms with Crippen molar-refractivity contribution in [3.63, 3.8) is 0 Å². The molecule has 0 aliphatic carbocycles. The number of hydrogen-bond acceptors (Lipinski definition) is 3. The largest absolute Gasteiger partial charge is 0.495 e. The lowest BCUT2D eigenvalue weighted by molar-refractivity contribution is -0.407. The first kappa shape index (κ1) is 27.7. The van der Waals surface area contributed by atoms with Crippen LogP contribution in [0.3, 0.4) is 0 Å². The third-order valence-corrected chi connectivity index (χ3v) is 5.14. The van der Waals surface area contributed by atoms with Crippen molar-refractivity contribution in [2.75, 3.05) is 38.2 Å². The molecular weight excluding hydrogens is 504 g/mol. The number of piperazine rings is 1. The highest BCUT2D eigenvalue weighted by Gasteiger charge is 2.89. The molecule has 0 aromatic heterocycles. The SMILES string of the molecule is COc1ccccc1N1CCN(C(=O)C(F)(F)C(F)(F)C(F)(F)C(F)(F)C(F)(F)C(F)F)CC1. The summed E-state index contributed by atoms with van der Waals surface area (Å²) in [5.41, 5.74) is 0.398. The lowest BCUT2D eigenvalue weighted by Crippen LogP contribution is -2.71. The quantitative estimate of drug-likeness (QED) is 0.463. The summed E-state index contributed by atoms with van der Waals surface area (Å²) in [5.74, 6) is -39.3. The second-order valence-corrected chi connectivity index (χ2v) is 7.17. The topological polar surface area (TPSA) is 32.8 Å². The van der Waals surface area contributed by atoms with Gasteiger partial charge in [-0.25, -0.2) is 8.78 Å². The minimum atomic E-state index is -7.74. The molecule has 0 atom stereocenters. The molecule has 1 aliphatic rings. The first-order valence-electron chi connectivity index (χ1n) is 9.22. The van der Waals surface area contributed by atoms with Crippen molar-refractivity contribution < 1.29 is 62.2 Å². The molecule has 2 rings (SSSR count). The molecule has 0 bridgehead atoms. The summed E-state index contributed by atoms with van der Waals surface area (Å²) in [6.45, 7) is -2.19. The second-order valence-electron chi connectivity index (χ2n) is 7.17. The van der Waals surface area contributed by atoms with E-state index >= 15 is 0 Å². The normalized spacial score (nSPS) is 16.8. The van der Waals surface area contributed by atoms with Gasteiger partial charge in [0.15, 0.2) is 0 Å². The van der Waals surface area contributed by atoms with E-state index in [-0.39, 0.29) is 18.0 Å². The Morgan fingerprint density at radius 3 is 1.79 bits per heavy atom. The van der Waals surface area contributed by atoms with Gasteiger partial charge in [-0.15, -0.1) is 0 Å². The Morgan fingerprint density at radius 1 is 0.824 bits per heavy atom. The molecular formula is C18H16F12N2O2. The number of anilines is 1. The first-order chi connectivity index (χ1) is 15.4. The van der Waals surface area contributed by atoms with Crippen LogP contribution in [0.4, 0.5) is 58.4 Å². The number of hydrogen-bond donors (Lipinski definition) is 0. The lowest BCUT2D eigenvalue weighted by Gasteiger charge is -2.41. The molecule has 0 N–H and O–H groups in total. The molecule has 1 aromatic carbocycles. The van der Waals surface area contributed by atoms with Crippen LogP contribution in [0.15, 0.2) is 24.3 Å². The standard InChI is InChI=1S/C18H16F12N2O2/c1-34-11-5-3-2-4-10(11)31-6-8-32(9-7-31)13(33)15(23,24)17(27,28)18(29,30)16(25,26)14(21,22)12(19)20/h2-5,12H,6-9H2,1H3. The molecule has 4 nitrogen and oxygen atoms in total. The fourth-order valence-electron chi connectivity index (χ4n) is 3.12. The number of halogens is 12. The van der Waals surface area contributed by atoms with Crippen LogP contribution in [0.1, 0.15) is 0 Å². The highest BCUT2D eigenvalue weighted by molar-refractivity contribution is 5.85. The number of alkyl halides is 12. The highest BCUT2D eigenvalue weighted by Crippen LogP contribution is 2.58. The average Bonchev–Trinajstić information content (AvgIpc) is 2.77. The Balaban J connectivity index is 2.27. The number of carbonyl (C=O) groups is 1. The predicted molar refractivity (Wildman–Crippen MR) is 92.5 cm³/mol. The Labute approximate surface area is 184 Å². The summed E-state index contributed by atoms with van der Waals surface area (Å²) in [6.07, 6.45) is -5.60. The number of para-hydroxylation sites is 2. The Hall–Kier alpha value is -2.55. The maximum Gasteiger partial charge on any atom is 0.392 e. The molecule has 1 aromatic rings. The van der Waals surface area contributed by atoms with E-state index in [0.717, 1.165) is 0 Å². The fourth-order valence-corrected chi connectivity index (χ4v) is 3.12. The Bertz CT molecular complexity index is 885. The van der Waals surface area contributed by atoms with Crippen LogP contribution < -0.4 is 9.64 Å². The van der Waals surface area contributed by atoms with Gasteiger partial charge in [0.2, 0.25) is 0 Å². The number of benzene rings is 1. The van der Waals surface area contributed by atoms with E-state index in [2.05, 4.69) is 0 Å². The van der Waals surface area contributed by atoms with Gasteiger partial charge in [-0.2, -0.15) is 43.9 Å². The monoisotopic (exact) mass is 520 g/mol. The van der Waals surface area contributed by atoms with E-state index < -0.39 is 55.0 Å². The van der Waals surface area contributed by atoms with Gasteiger partial charge < -0.3 is 14.5 Å². The molecule has 0 spiro atoms. The van der Waals surface area contributed by atoms with Crippen LogP contribution in [0.5, 0.6) is 5.75 Å². The van der Waals surface area contributed by atoms with Crippen LogP contribution in [-0.4, -0.2) is 80.1 Å². The molecule has 194 valence electrons. The summed E-state index contributed by atoms with van der Waals surface area (Å²) in [5, 5.41) is 0. The zero-order chi connectivity index (χ0) is 26.3. The van der Waals surface area contributed by atoms with Gasteiger partial charge in [0.05, 0.1) is 12.8 Å². The second kappa shape index (κ2) is 8.91. The van der Waals surface area contributed by atoms with Gasteiger partial charge in [-0.05, 0) is 12.1 Å². The van der Waals surface area contributed by atoms with E-state index in [9.17, 15) is 57.5 Å². The van der Waals surface area contributed by atoms with Gasteiger partial charge >= 0.3 is 36.0 Å². The predicted octanol–water partition coefficient (Wildman–Crippen LogP) is 4.79. The summed E-state index contributed by atoms with van der Waals surface area (Å²) < 4.78 is 165. The molecule has 0 unspecified atom stereocenters. The van der Waals surface area contributed by atoms with E-state index in [0.29, 0.717) is 11.4 Å². The van der Waals surface area contributed by atoms with Crippen LogP contribution in [0.2, 0.25) is 0 Å². The number of nitrogens with zero attached hydrogens (tertiary/aromatic N) is 2. The van der Waals surface area contributed by atoms with Gasteiger partial charge in [-0.3, -0.25) is 4.79 Å². The molecule has 0 saturated carbocycles. The minimum absolute atomic E-state index is 0.0562. The van der Waals surface area contributed by atoms with Crippen molar-refractivity contribution >= 4 is 11.6 Å². The van der Waals surface area contributed by atoms with Crippen LogP contribution >= 0.6 is 0 Å². The molecule has 0 radical (unpaired) electrons.